The van der Waals surface area contributed by atoms with Crippen molar-refractivity contribution in [3.05, 3.63) is 17.8 Å². The summed E-state index contributed by atoms with van der Waals surface area (Å²) in [5, 5.41) is 17.7. The third-order valence-corrected chi connectivity index (χ3v) is 3.21. The van der Waals surface area contributed by atoms with E-state index < -0.39 is 11.5 Å². The smallest absolute Gasteiger partial charge is 0.269 e. The Balaban J connectivity index is 1.92. The van der Waals surface area contributed by atoms with Gasteiger partial charge < -0.3 is 15.7 Å². The highest BCUT2D eigenvalue weighted by molar-refractivity contribution is 5.90. The Labute approximate surface area is 118 Å². The maximum absolute atomic E-state index is 10.9. The number of aromatic nitrogens is 2. The molecular weight excluding hydrogens is 258 g/mol. The lowest BCUT2D eigenvalue weighted by Crippen LogP contribution is -2.50. The fourth-order valence-electron chi connectivity index (χ4n) is 2.31. The summed E-state index contributed by atoms with van der Waals surface area (Å²) in [6, 6.07) is 3.35. The van der Waals surface area contributed by atoms with E-state index in [-0.39, 0.29) is 5.69 Å². The van der Waals surface area contributed by atoms with Gasteiger partial charge in [-0.25, -0.2) is 0 Å². The monoisotopic (exact) mass is 279 g/mol. The molecule has 2 heterocycles. The van der Waals surface area contributed by atoms with Gasteiger partial charge in [0.1, 0.15) is 0 Å². The minimum Gasteiger partial charge on any atom is -0.389 e. The molecule has 0 aromatic carbocycles. The predicted octanol–water partition coefficient (Wildman–Crippen LogP) is -0.532. The predicted molar refractivity (Wildman–Crippen MR) is 75.5 cm³/mol. The third-order valence-electron chi connectivity index (χ3n) is 3.21. The van der Waals surface area contributed by atoms with Crippen LogP contribution < -0.4 is 10.6 Å². The van der Waals surface area contributed by atoms with Crippen molar-refractivity contribution in [2.45, 2.75) is 19.4 Å². The van der Waals surface area contributed by atoms with E-state index in [2.05, 4.69) is 20.0 Å². The molecule has 0 spiro atoms. The first-order valence-corrected chi connectivity index (χ1v) is 6.68. The molecule has 7 nitrogen and oxygen atoms in total. The Morgan fingerprint density at radius 1 is 1.30 bits per heavy atom. The van der Waals surface area contributed by atoms with Gasteiger partial charge in [-0.3, -0.25) is 9.69 Å². The maximum Gasteiger partial charge on any atom is 0.269 e. The average molecular weight is 279 g/mol. The van der Waals surface area contributed by atoms with E-state index in [0.29, 0.717) is 6.54 Å². The second-order valence-electron chi connectivity index (χ2n) is 5.72. The largest absolute Gasteiger partial charge is 0.389 e. The van der Waals surface area contributed by atoms with Crippen LogP contribution in [-0.4, -0.2) is 64.4 Å². The summed E-state index contributed by atoms with van der Waals surface area (Å²) < 4.78 is 0. The fourth-order valence-corrected chi connectivity index (χ4v) is 2.31. The number of nitrogens with zero attached hydrogens (tertiary/aromatic N) is 4. The molecule has 0 bridgehead atoms. The zero-order valence-corrected chi connectivity index (χ0v) is 11.9. The van der Waals surface area contributed by atoms with E-state index in [9.17, 15) is 9.90 Å². The van der Waals surface area contributed by atoms with Crippen molar-refractivity contribution >= 4 is 11.7 Å². The number of carbonyl (C=O) groups is 1. The van der Waals surface area contributed by atoms with Gasteiger partial charge in [0.2, 0.25) is 0 Å². The van der Waals surface area contributed by atoms with Crippen molar-refractivity contribution in [2.75, 3.05) is 37.6 Å². The van der Waals surface area contributed by atoms with E-state index in [0.717, 1.165) is 32.0 Å². The van der Waals surface area contributed by atoms with E-state index >= 15 is 0 Å². The topological polar surface area (TPSA) is 95.6 Å². The van der Waals surface area contributed by atoms with Gasteiger partial charge in [0.05, 0.1) is 5.60 Å². The Kier molecular flexibility index (Phi) is 4.20. The molecule has 1 saturated heterocycles. The zero-order chi connectivity index (χ0) is 14.8. The first-order valence-electron chi connectivity index (χ1n) is 6.68. The molecular formula is C13H21N5O2. The Morgan fingerprint density at radius 2 is 1.95 bits per heavy atom. The second kappa shape index (κ2) is 5.72. The minimum absolute atomic E-state index is 0.175. The minimum atomic E-state index is -0.675. The summed E-state index contributed by atoms with van der Waals surface area (Å²) in [5.74, 6) is 0.178. The van der Waals surface area contributed by atoms with Crippen LogP contribution in [0.5, 0.6) is 0 Å². The number of piperazine rings is 1. The van der Waals surface area contributed by atoms with Gasteiger partial charge in [0, 0.05) is 32.7 Å². The number of aliphatic hydroxyl groups is 1. The lowest BCUT2D eigenvalue weighted by molar-refractivity contribution is 0.0344. The maximum atomic E-state index is 10.9. The second-order valence-corrected chi connectivity index (χ2v) is 5.72. The number of amides is 1. The Morgan fingerprint density at radius 3 is 2.40 bits per heavy atom. The molecule has 2 rings (SSSR count). The van der Waals surface area contributed by atoms with E-state index in [1.807, 2.05) is 13.8 Å². The molecule has 1 aliphatic heterocycles. The molecule has 0 unspecified atom stereocenters. The molecule has 110 valence electrons. The summed E-state index contributed by atoms with van der Waals surface area (Å²) in [6.45, 7) is 7.65. The number of anilines is 1. The number of rotatable bonds is 4. The van der Waals surface area contributed by atoms with Crippen molar-refractivity contribution < 1.29 is 9.90 Å². The molecule has 3 N–H and O–H groups in total. The highest BCUT2D eigenvalue weighted by atomic mass is 16.3. The van der Waals surface area contributed by atoms with Gasteiger partial charge in [-0.15, -0.1) is 10.2 Å². The van der Waals surface area contributed by atoms with Crippen LogP contribution in [0, 0.1) is 0 Å². The van der Waals surface area contributed by atoms with Crippen molar-refractivity contribution in [2.24, 2.45) is 5.73 Å². The van der Waals surface area contributed by atoms with Crippen LogP contribution in [-0.2, 0) is 0 Å². The summed E-state index contributed by atoms with van der Waals surface area (Å²) in [4.78, 5) is 15.3. The van der Waals surface area contributed by atoms with Gasteiger partial charge in [-0.05, 0) is 26.0 Å². The number of hydrogen-bond donors (Lipinski definition) is 2. The zero-order valence-electron chi connectivity index (χ0n) is 11.9. The van der Waals surface area contributed by atoms with Gasteiger partial charge in [0.15, 0.2) is 11.5 Å². The first-order chi connectivity index (χ1) is 9.35. The molecule has 0 atom stereocenters. The number of primary amides is 1. The third kappa shape index (κ3) is 3.88. The van der Waals surface area contributed by atoms with Crippen LogP contribution >= 0.6 is 0 Å². The van der Waals surface area contributed by atoms with Crippen LogP contribution in [0.1, 0.15) is 24.3 Å². The Hall–Kier alpha value is -1.73. The SMILES string of the molecule is CC(C)(O)CN1CCN(c2ccc(C(N)=O)nn2)CC1. The Bertz CT molecular complexity index is 461. The van der Waals surface area contributed by atoms with Crippen molar-refractivity contribution in [1.82, 2.24) is 15.1 Å². The first kappa shape index (κ1) is 14.7. The van der Waals surface area contributed by atoms with Gasteiger partial charge >= 0.3 is 0 Å². The molecule has 1 amide bonds. The molecule has 0 radical (unpaired) electrons. The number of nitrogens with two attached hydrogens (primary N) is 1. The fraction of sp³-hybridized carbons (Fsp3) is 0.615. The van der Waals surface area contributed by atoms with Crippen LogP contribution in [0.4, 0.5) is 5.82 Å². The van der Waals surface area contributed by atoms with Crippen LogP contribution in [0.2, 0.25) is 0 Å². The molecule has 1 fully saturated rings. The van der Waals surface area contributed by atoms with Crippen LogP contribution in [0.25, 0.3) is 0 Å². The highest BCUT2D eigenvalue weighted by Gasteiger charge is 2.23. The van der Waals surface area contributed by atoms with Gasteiger partial charge in [-0.1, -0.05) is 0 Å². The van der Waals surface area contributed by atoms with Crippen molar-refractivity contribution in [3.63, 3.8) is 0 Å². The highest BCUT2D eigenvalue weighted by Crippen LogP contribution is 2.14. The normalized spacial score (nSPS) is 17.2. The summed E-state index contributed by atoms with van der Waals surface area (Å²) >= 11 is 0. The summed E-state index contributed by atoms with van der Waals surface area (Å²) in [6.07, 6.45) is 0. The molecule has 0 aliphatic carbocycles. The lowest BCUT2D eigenvalue weighted by atomic mass is 10.1. The molecule has 1 aromatic rings. The summed E-state index contributed by atoms with van der Waals surface area (Å²) in [5.41, 5.74) is 4.63. The lowest BCUT2D eigenvalue weighted by Gasteiger charge is -2.37. The molecule has 1 aromatic heterocycles. The average Bonchev–Trinajstić information content (AvgIpc) is 2.38. The van der Waals surface area contributed by atoms with Crippen molar-refractivity contribution in [1.29, 1.82) is 0 Å². The summed E-state index contributed by atoms with van der Waals surface area (Å²) in [7, 11) is 0. The van der Waals surface area contributed by atoms with Gasteiger partial charge in [-0.2, -0.15) is 0 Å². The molecule has 20 heavy (non-hydrogen) atoms. The molecule has 1 aliphatic rings. The standard InChI is InChI=1S/C13H21N5O2/c1-13(2,20)9-17-5-7-18(8-6-17)11-4-3-10(12(14)19)15-16-11/h3-4,20H,5-9H2,1-2H3,(H2,14,19). The van der Waals surface area contributed by atoms with E-state index in [4.69, 9.17) is 5.73 Å². The van der Waals surface area contributed by atoms with Crippen molar-refractivity contribution in [3.8, 4) is 0 Å². The van der Waals surface area contributed by atoms with Crippen LogP contribution in [0.15, 0.2) is 12.1 Å². The van der Waals surface area contributed by atoms with E-state index in [1.54, 1.807) is 12.1 Å². The number of β-amino-alcohol motifs (C(OH)–C–C–N with tert-alkyl or cyclic N) is 1. The quantitative estimate of drug-likeness (QED) is 0.769. The number of hydrogen-bond acceptors (Lipinski definition) is 6. The van der Waals surface area contributed by atoms with E-state index in [1.165, 1.54) is 0 Å². The van der Waals surface area contributed by atoms with Crippen LogP contribution in [0.3, 0.4) is 0 Å². The molecule has 0 saturated carbocycles. The molecule has 7 heteroatoms. The number of carbonyl (C=O) groups excluding carboxylic acids is 1. The van der Waals surface area contributed by atoms with Gasteiger partial charge in [0.25, 0.3) is 5.91 Å².